The average Bonchev–Trinajstić information content (AvgIpc) is 1.85. The highest BCUT2D eigenvalue weighted by Gasteiger charge is 1.90. The third-order valence-electron chi connectivity index (χ3n) is 0.822. The van der Waals surface area contributed by atoms with Gasteiger partial charge in [-0.2, -0.15) is 0 Å². The summed E-state index contributed by atoms with van der Waals surface area (Å²) < 4.78 is 0. The van der Waals surface area contributed by atoms with Crippen LogP contribution in [0.3, 0.4) is 0 Å². The average molecular weight is 177 g/mol. The summed E-state index contributed by atoms with van der Waals surface area (Å²) in [5.41, 5.74) is 5.45. The second-order valence-corrected chi connectivity index (χ2v) is 1.98. The van der Waals surface area contributed by atoms with Crippen molar-refractivity contribution in [1.82, 2.24) is 0 Å². The number of amides is 1. The smallest absolute Gasteiger partial charge is 0.347 e. The Hall–Kier alpha value is -1.10. The monoisotopic (exact) mass is 177 g/mol. The molecule has 0 aliphatic rings. The number of aliphatic hydroxyl groups excluding tert-OH is 1. The number of allylic oxidation sites excluding steroid dienone is 1. The highest BCUT2D eigenvalue weighted by Crippen LogP contribution is 1.85. The second kappa shape index (κ2) is 7.01. The van der Waals surface area contributed by atoms with Crippen LogP contribution in [0.1, 0.15) is 13.8 Å². The van der Waals surface area contributed by atoms with E-state index in [4.69, 9.17) is 15.9 Å². The van der Waals surface area contributed by atoms with Crippen molar-refractivity contribution in [2.45, 2.75) is 13.8 Å². The molecule has 11 heavy (non-hydrogen) atoms. The third kappa shape index (κ3) is 17.6. The molecule has 0 rings (SSSR count). The number of carbonyl (C=O) groups excluding carboxylic acids is 1. The third-order valence-corrected chi connectivity index (χ3v) is 0.822. The van der Waals surface area contributed by atoms with Crippen LogP contribution in [0.4, 0.5) is 0 Å². The maximum atomic E-state index is 10.1. The molecule has 0 atom stereocenters. The first-order chi connectivity index (χ1) is 4.91. The summed E-state index contributed by atoms with van der Waals surface area (Å²) in [6.45, 7) is 3.46. The van der Waals surface area contributed by atoms with Crippen molar-refractivity contribution in [3.63, 3.8) is 0 Å². The number of hydrogen-bond acceptors (Lipinski definition) is 2. The number of nitrogens with two attached hydrogens (primary N) is 1. The van der Waals surface area contributed by atoms with Gasteiger partial charge < -0.3 is 15.9 Å². The molecule has 5 heteroatoms. The lowest BCUT2D eigenvalue weighted by Crippen LogP contribution is -2.10. The van der Waals surface area contributed by atoms with E-state index in [9.17, 15) is 4.79 Å². The molecule has 0 saturated heterocycles. The van der Waals surface area contributed by atoms with Gasteiger partial charge in [0.15, 0.2) is 0 Å². The van der Waals surface area contributed by atoms with E-state index in [1.54, 1.807) is 19.9 Å². The van der Waals surface area contributed by atoms with Gasteiger partial charge in [0.25, 0.3) is 0 Å². The molecule has 0 heterocycles. The lowest BCUT2D eigenvalue weighted by molar-refractivity contribution is -0.114. The minimum atomic E-state index is -1.000. The number of thiocarbonyl (C=S) groups is 1. The van der Waals surface area contributed by atoms with Crippen molar-refractivity contribution in [1.29, 1.82) is 0 Å². The summed E-state index contributed by atoms with van der Waals surface area (Å²) in [6.07, 6.45) is 1.68. The molecule has 0 unspecified atom stereocenters. The van der Waals surface area contributed by atoms with E-state index >= 15 is 0 Å². The van der Waals surface area contributed by atoms with Gasteiger partial charge in [0.05, 0.1) is 0 Å². The first kappa shape index (κ1) is 12.6. The normalized spacial score (nSPS) is 9.45. The second-order valence-electron chi connectivity index (χ2n) is 1.62. The number of carbonyl (C=O) groups is 1. The summed E-state index contributed by atoms with van der Waals surface area (Å²) >= 11 is 3.65. The Bertz CT molecular complexity index is 173. The van der Waals surface area contributed by atoms with Crippen molar-refractivity contribution >= 4 is 23.4 Å². The highest BCUT2D eigenvalue weighted by molar-refractivity contribution is 7.79. The molecule has 0 aliphatic heterocycles. The van der Waals surface area contributed by atoms with Crippen LogP contribution in [-0.2, 0) is 4.79 Å². The predicted octanol–water partition coefficient (Wildman–Crippen LogP) is 0.825. The zero-order valence-electron chi connectivity index (χ0n) is 6.37. The van der Waals surface area contributed by atoms with Gasteiger partial charge in [0, 0.05) is 17.8 Å². The van der Waals surface area contributed by atoms with Gasteiger partial charge in [-0.15, -0.1) is 0 Å². The van der Waals surface area contributed by atoms with E-state index in [-0.39, 0.29) is 5.91 Å². The van der Waals surface area contributed by atoms with Gasteiger partial charge >= 0.3 is 5.24 Å². The maximum Gasteiger partial charge on any atom is 0.347 e. The largest absolute Gasteiger partial charge is 0.473 e. The van der Waals surface area contributed by atoms with Crippen LogP contribution in [0.15, 0.2) is 11.6 Å². The fourth-order valence-corrected chi connectivity index (χ4v) is 0.142. The molecule has 0 fully saturated rings. The molecule has 64 valence electrons. The summed E-state index contributed by atoms with van der Waals surface area (Å²) in [5, 5.41) is 13.7. The Labute approximate surface area is 70.3 Å². The number of aliphatic hydroxyl groups is 2. The van der Waals surface area contributed by atoms with Gasteiger partial charge in [-0.1, -0.05) is 6.08 Å². The lowest BCUT2D eigenvalue weighted by atomic mass is 10.3. The maximum absolute atomic E-state index is 10.1. The minimum Gasteiger partial charge on any atom is -0.473 e. The minimum absolute atomic E-state index is 0.345. The number of primary amides is 1. The van der Waals surface area contributed by atoms with E-state index in [1.807, 2.05) is 0 Å². The molecular weight excluding hydrogens is 166 g/mol. The summed E-state index contributed by atoms with van der Waals surface area (Å²) in [6, 6.07) is 0. The van der Waals surface area contributed by atoms with Crippen LogP contribution < -0.4 is 5.73 Å². The van der Waals surface area contributed by atoms with Crippen molar-refractivity contribution in [3.05, 3.63) is 11.6 Å². The highest BCUT2D eigenvalue weighted by atomic mass is 32.1. The molecule has 0 spiro atoms. The summed E-state index contributed by atoms with van der Waals surface area (Å²) in [5.74, 6) is -0.345. The van der Waals surface area contributed by atoms with Crippen LogP contribution >= 0.6 is 12.2 Å². The van der Waals surface area contributed by atoms with Crippen molar-refractivity contribution in [2.24, 2.45) is 5.73 Å². The lowest BCUT2D eigenvalue weighted by Gasteiger charge is -1.85. The standard InChI is InChI=1S/C5H9NO.CH2O2S/c1-3-4(2)5(6)7;2-1(3)4/h3H,1-2H3,(H2,6,7);(H2,2,3,4). The SMILES string of the molecule is CC=C(C)C(N)=O.OC(O)=S. The molecule has 0 aromatic carbocycles. The molecule has 0 radical (unpaired) electrons. The molecule has 4 nitrogen and oxygen atoms in total. The molecule has 0 saturated carbocycles. The Kier molecular flexibility index (Phi) is 8.01. The van der Waals surface area contributed by atoms with Crippen LogP contribution in [0.25, 0.3) is 0 Å². The Balaban J connectivity index is 0. The molecular formula is C6H11NO3S. The van der Waals surface area contributed by atoms with Crippen LogP contribution in [-0.4, -0.2) is 21.4 Å². The van der Waals surface area contributed by atoms with Crippen LogP contribution in [0.5, 0.6) is 0 Å². The first-order valence-corrected chi connectivity index (χ1v) is 3.17. The number of rotatable bonds is 1. The van der Waals surface area contributed by atoms with E-state index in [2.05, 4.69) is 12.2 Å². The zero-order valence-corrected chi connectivity index (χ0v) is 7.18. The predicted molar refractivity (Wildman–Crippen MR) is 46.5 cm³/mol. The quantitative estimate of drug-likeness (QED) is 0.409. The molecule has 0 aromatic rings. The van der Waals surface area contributed by atoms with Crippen LogP contribution in [0, 0.1) is 0 Å². The zero-order chi connectivity index (χ0) is 9.44. The van der Waals surface area contributed by atoms with Crippen molar-refractivity contribution < 1.29 is 15.0 Å². The van der Waals surface area contributed by atoms with Gasteiger partial charge in [-0.3, -0.25) is 4.79 Å². The fraction of sp³-hybridized carbons (Fsp3) is 0.333. The Morgan fingerprint density at radius 2 is 1.82 bits per heavy atom. The van der Waals surface area contributed by atoms with Gasteiger partial charge in [-0.25, -0.2) is 0 Å². The Morgan fingerprint density at radius 1 is 1.55 bits per heavy atom. The fourth-order valence-electron chi connectivity index (χ4n) is 0.142. The first-order valence-electron chi connectivity index (χ1n) is 2.76. The summed E-state index contributed by atoms with van der Waals surface area (Å²) in [7, 11) is 0. The van der Waals surface area contributed by atoms with E-state index in [0.717, 1.165) is 0 Å². The molecule has 4 N–H and O–H groups in total. The van der Waals surface area contributed by atoms with Crippen LogP contribution in [0.2, 0.25) is 0 Å². The molecule has 0 aliphatic carbocycles. The van der Waals surface area contributed by atoms with Crippen molar-refractivity contribution in [3.8, 4) is 0 Å². The van der Waals surface area contributed by atoms with Gasteiger partial charge in [0.1, 0.15) is 0 Å². The topological polar surface area (TPSA) is 83.6 Å². The Morgan fingerprint density at radius 3 is 1.82 bits per heavy atom. The number of hydrogen-bond donors (Lipinski definition) is 3. The van der Waals surface area contributed by atoms with E-state index < -0.39 is 5.24 Å². The van der Waals surface area contributed by atoms with Gasteiger partial charge in [0.2, 0.25) is 5.91 Å². The van der Waals surface area contributed by atoms with E-state index in [1.165, 1.54) is 0 Å². The van der Waals surface area contributed by atoms with E-state index in [0.29, 0.717) is 5.57 Å². The molecule has 0 bridgehead atoms. The molecule has 1 amide bonds. The van der Waals surface area contributed by atoms with Gasteiger partial charge in [-0.05, 0) is 13.8 Å². The molecule has 0 aromatic heterocycles. The van der Waals surface area contributed by atoms with Crippen molar-refractivity contribution in [2.75, 3.05) is 0 Å². The summed E-state index contributed by atoms with van der Waals surface area (Å²) in [4.78, 5) is 10.1.